The van der Waals surface area contributed by atoms with E-state index < -0.39 is 11.6 Å². The molecule has 8 heteroatoms. The van der Waals surface area contributed by atoms with Crippen LogP contribution in [0.5, 0.6) is 0 Å². The molecule has 0 bridgehead atoms. The van der Waals surface area contributed by atoms with Crippen molar-refractivity contribution in [1.82, 2.24) is 10.3 Å². The molecule has 2 fully saturated rings. The number of piperazine rings is 1. The minimum absolute atomic E-state index is 0.0321. The average molecular weight is 396 g/mol. The Labute approximate surface area is 164 Å². The first-order valence-corrected chi connectivity index (χ1v) is 10.0. The van der Waals surface area contributed by atoms with Crippen LogP contribution >= 0.6 is 12.2 Å². The summed E-state index contributed by atoms with van der Waals surface area (Å²) in [5, 5.41) is 3.65. The van der Waals surface area contributed by atoms with Gasteiger partial charge in [-0.2, -0.15) is 5.10 Å². The van der Waals surface area contributed by atoms with Gasteiger partial charge in [-0.1, -0.05) is 25.7 Å². The molecule has 1 saturated carbocycles. The van der Waals surface area contributed by atoms with Gasteiger partial charge in [-0.15, -0.1) is 0 Å². The molecule has 5 nitrogen and oxygen atoms in total. The average Bonchev–Trinajstić information content (AvgIpc) is 2.93. The molecule has 1 aliphatic carbocycles. The Hall–Kier alpha value is -1.80. The van der Waals surface area contributed by atoms with E-state index >= 15 is 0 Å². The third-order valence-electron chi connectivity index (χ3n) is 5.44. The molecule has 0 amide bonds. The van der Waals surface area contributed by atoms with E-state index in [9.17, 15) is 8.78 Å². The van der Waals surface area contributed by atoms with Crippen molar-refractivity contribution in [3.05, 3.63) is 29.3 Å². The van der Waals surface area contributed by atoms with Crippen LogP contribution in [0.3, 0.4) is 0 Å². The number of nitrogens with two attached hydrogens (primary N) is 1. The highest BCUT2D eigenvalue weighted by Gasteiger charge is 2.26. The molecule has 0 spiro atoms. The van der Waals surface area contributed by atoms with Gasteiger partial charge in [-0.25, -0.2) is 8.78 Å². The number of thiocarbonyl (C=S) groups is 1. The number of hydrogen-bond donors (Lipinski definition) is 2. The highest BCUT2D eigenvalue weighted by Crippen LogP contribution is 2.27. The lowest BCUT2D eigenvalue weighted by atomic mass is 10.1. The SMILES string of the molecule is NC(=S)N/N=C/c1cc(F)c(N2CCN(C3CCCCCC3)CC2)cc1F. The number of nitrogens with one attached hydrogen (secondary N) is 1. The van der Waals surface area contributed by atoms with Crippen LogP contribution in [-0.2, 0) is 0 Å². The molecule has 27 heavy (non-hydrogen) atoms. The van der Waals surface area contributed by atoms with Crippen LogP contribution < -0.4 is 16.1 Å². The second-order valence-electron chi connectivity index (χ2n) is 7.23. The summed E-state index contributed by atoms with van der Waals surface area (Å²) in [5.41, 5.74) is 7.95. The van der Waals surface area contributed by atoms with Crippen LogP contribution in [0.15, 0.2) is 17.2 Å². The van der Waals surface area contributed by atoms with Crippen LogP contribution in [0, 0.1) is 11.6 Å². The predicted molar refractivity (Wildman–Crippen MR) is 109 cm³/mol. The second-order valence-corrected chi connectivity index (χ2v) is 7.67. The molecular weight excluding hydrogens is 368 g/mol. The summed E-state index contributed by atoms with van der Waals surface area (Å²) in [6.45, 7) is 3.21. The molecular formula is C19H27F2N5S. The molecule has 0 unspecified atom stereocenters. The molecule has 1 aromatic carbocycles. The molecule has 0 radical (unpaired) electrons. The number of halogens is 2. The summed E-state index contributed by atoms with van der Waals surface area (Å²) in [5.74, 6) is -0.970. The third-order valence-corrected chi connectivity index (χ3v) is 5.53. The quantitative estimate of drug-likeness (QED) is 0.355. The zero-order valence-electron chi connectivity index (χ0n) is 15.5. The monoisotopic (exact) mass is 395 g/mol. The minimum atomic E-state index is -0.522. The summed E-state index contributed by atoms with van der Waals surface area (Å²) in [6.07, 6.45) is 8.97. The van der Waals surface area contributed by atoms with Gasteiger partial charge in [0.25, 0.3) is 0 Å². The van der Waals surface area contributed by atoms with Gasteiger partial charge >= 0.3 is 0 Å². The van der Waals surface area contributed by atoms with Gasteiger partial charge in [-0.3, -0.25) is 10.3 Å². The standard InChI is InChI=1S/C19H27F2N5S/c20-16-12-18(17(21)11-14(16)13-23-24-19(22)27)26-9-7-25(8-10-26)15-5-3-1-2-4-6-15/h11-13,15H,1-10H2,(H3,22,24,27)/b23-13+. The van der Waals surface area contributed by atoms with Crippen LogP contribution in [0.1, 0.15) is 44.1 Å². The maximum atomic E-state index is 14.6. The van der Waals surface area contributed by atoms with Crippen molar-refractivity contribution in [3.63, 3.8) is 0 Å². The number of benzene rings is 1. The van der Waals surface area contributed by atoms with E-state index in [1.54, 1.807) is 0 Å². The first-order chi connectivity index (χ1) is 13.0. The van der Waals surface area contributed by atoms with Gasteiger partial charge in [0.15, 0.2) is 5.11 Å². The highest BCUT2D eigenvalue weighted by atomic mass is 32.1. The highest BCUT2D eigenvalue weighted by molar-refractivity contribution is 7.80. The molecule has 1 heterocycles. The van der Waals surface area contributed by atoms with Gasteiger partial charge in [-0.05, 0) is 31.1 Å². The molecule has 3 rings (SSSR count). The van der Waals surface area contributed by atoms with Crippen LogP contribution in [-0.4, -0.2) is 48.4 Å². The van der Waals surface area contributed by atoms with E-state index in [4.69, 9.17) is 5.73 Å². The van der Waals surface area contributed by atoms with Crippen molar-refractivity contribution in [2.24, 2.45) is 10.8 Å². The number of rotatable bonds is 4. The first kappa shape index (κ1) is 19.9. The summed E-state index contributed by atoms with van der Waals surface area (Å²) in [7, 11) is 0. The Morgan fingerprint density at radius 3 is 2.37 bits per heavy atom. The van der Waals surface area contributed by atoms with Gasteiger partial charge in [0.1, 0.15) is 11.6 Å². The van der Waals surface area contributed by atoms with Crippen molar-refractivity contribution in [1.29, 1.82) is 0 Å². The molecule has 1 aromatic rings. The van der Waals surface area contributed by atoms with Gasteiger partial charge in [0, 0.05) is 43.9 Å². The Morgan fingerprint density at radius 2 is 1.74 bits per heavy atom. The van der Waals surface area contributed by atoms with E-state index in [1.165, 1.54) is 50.8 Å². The van der Waals surface area contributed by atoms with Crippen LogP contribution in [0.25, 0.3) is 0 Å². The summed E-state index contributed by atoms with van der Waals surface area (Å²) < 4.78 is 28.9. The lowest BCUT2D eigenvalue weighted by molar-refractivity contribution is 0.169. The molecule has 2 aliphatic rings. The van der Waals surface area contributed by atoms with E-state index in [-0.39, 0.29) is 10.7 Å². The van der Waals surface area contributed by atoms with Crippen molar-refractivity contribution in [2.45, 2.75) is 44.6 Å². The summed E-state index contributed by atoms with van der Waals surface area (Å²) in [4.78, 5) is 4.46. The summed E-state index contributed by atoms with van der Waals surface area (Å²) >= 11 is 4.61. The normalized spacial score (nSPS) is 20.0. The number of nitrogens with zero attached hydrogens (tertiary/aromatic N) is 3. The van der Waals surface area contributed by atoms with E-state index in [0.29, 0.717) is 24.8 Å². The molecule has 1 saturated heterocycles. The van der Waals surface area contributed by atoms with Gasteiger partial charge in [0.2, 0.25) is 0 Å². The van der Waals surface area contributed by atoms with Crippen molar-refractivity contribution < 1.29 is 8.78 Å². The fourth-order valence-corrected chi connectivity index (χ4v) is 4.06. The zero-order chi connectivity index (χ0) is 19.2. The Bertz CT molecular complexity index is 681. The molecule has 3 N–H and O–H groups in total. The predicted octanol–water partition coefficient (Wildman–Crippen LogP) is 2.98. The second kappa shape index (κ2) is 9.41. The lowest BCUT2D eigenvalue weighted by Gasteiger charge is -2.40. The van der Waals surface area contributed by atoms with Gasteiger partial charge in [0.05, 0.1) is 11.9 Å². The Kier molecular flexibility index (Phi) is 6.95. The zero-order valence-corrected chi connectivity index (χ0v) is 16.3. The maximum Gasteiger partial charge on any atom is 0.184 e. The molecule has 148 valence electrons. The van der Waals surface area contributed by atoms with Crippen LogP contribution in [0.4, 0.5) is 14.5 Å². The fourth-order valence-electron chi connectivity index (χ4n) is 4.01. The smallest absolute Gasteiger partial charge is 0.184 e. The third kappa shape index (κ3) is 5.35. The summed E-state index contributed by atoms with van der Waals surface area (Å²) in [6, 6.07) is 3.06. The molecule has 0 aromatic heterocycles. The topological polar surface area (TPSA) is 56.9 Å². The first-order valence-electron chi connectivity index (χ1n) is 9.61. The molecule has 0 atom stereocenters. The fraction of sp³-hybridized carbons (Fsp3) is 0.579. The van der Waals surface area contributed by atoms with Crippen molar-refractivity contribution in [3.8, 4) is 0 Å². The van der Waals surface area contributed by atoms with E-state index in [1.807, 2.05) is 4.90 Å². The Balaban J connectivity index is 1.62. The van der Waals surface area contributed by atoms with Crippen molar-refractivity contribution in [2.75, 3.05) is 31.1 Å². The van der Waals surface area contributed by atoms with Gasteiger partial charge < -0.3 is 10.6 Å². The van der Waals surface area contributed by atoms with Crippen LogP contribution in [0.2, 0.25) is 0 Å². The van der Waals surface area contributed by atoms with E-state index in [0.717, 1.165) is 19.2 Å². The minimum Gasteiger partial charge on any atom is -0.375 e. The Morgan fingerprint density at radius 1 is 1.07 bits per heavy atom. The molecule has 1 aliphatic heterocycles. The number of hydrogen-bond acceptors (Lipinski definition) is 4. The lowest BCUT2D eigenvalue weighted by Crippen LogP contribution is -2.50. The maximum absolute atomic E-state index is 14.6. The largest absolute Gasteiger partial charge is 0.375 e. The van der Waals surface area contributed by atoms with Crippen molar-refractivity contribution >= 4 is 29.2 Å². The van der Waals surface area contributed by atoms with E-state index in [2.05, 4.69) is 27.6 Å². The number of hydrazone groups is 1. The number of anilines is 1.